The van der Waals surface area contributed by atoms with Gasteiger partial charge in [-0.2, -0.15) is 0 Å². The van der Waals surface area contributed by atoms with Gasteiger partial charge in [-0.15, -0.1) is 0 Å². The Morgan fingerprint density at radius 2 is 2.12 bits per heavy atom. The molecule has 6 nitrogen and oxygen atoms in total. The van der Waals surface area contributed by atoms with E-state index in [4.69, 9.17) is 15.7 Å². The number of carbonyl (C=O) groups excluding carboxylic acids is 1. The minimum Gasteiger partial charge on any atom is -0.409 e. The zero-order valence-corrected chi connectivity index (χ0v) is 10.7. The van der Waals surface area contributed by atoms with E-state index in [9.17, 15) is 4.79 Å². The quantitative estimate of drug-likeness (QED) is 0.207. The van der Waals surface area contributed by atoms with E-state index >= 15 is 0 Å². The minimum atomic E-state index is 0.0814. The topological polar surface area (TPSA) is 88.2 Å². The molecule has 0 rings (SSSR count). The normalized spacial score (nSPS) is 11.5. The van der Waals surface area contributed by atoms with Crippen molar-refractivity contribution < 1.29 is 14.7 Å². The van der Waals surface area contributed by atoms with Gasteiger partial charge in [0, 0.05) is 39.1 Å². The molecule has 1 amide bonds. The van der Waals surface area contributed by atoms with E-state index in [1.54, 1.807) is 4.90 Å². The van der Waals surface area contributed by atoms with Gasteiger partial charge in [0.2, 0.25) is 5.91 Å². The Labute approximate surface area is 102 Å². The highest BCUT2D eigenvalue weighted by atomic mass is 16.5. The lowest BCUT2D eigenvalue weighted by Gasteiger charge is -2.20. The molecule has 0 aliphatic heterocycles. The Kier molecular flexibility index (Phi) is 9.14. The Hall–Kier alpha value is -1.30. The molecule has 0 unspecified atom stereocenters. The molecule has 0 atom stereocenters. The third-order valence-corrected chi connectivity index (χ3v) is 2.38. The number of amidine groups is 1. The number of carbonyl (C=O) groups is 1. The van der Waals surface area contributed by atoms with E-state index in [0.717, 1.165) is 6.42 Å². The van der Waals surface area contributed by atoms with E-state index in [2.05, 4.69) is 5.16 Å². The summed E-state index contributed by atoms with van der Waals surface area (Å²) in [6.45, 7) is 6.24. The van der Waals surface area contributed by atoms with Gasteiger partial charge in [0.15, 0.2) is 0 Å². The summed E-state index contributed by atoms with van der Waals surface area (Å²) < 4.78 is 5.17. The van der Waals surface area contributed by atoms with Crippen LogP contribution in [0, 0.1) is 0 Å². The second kappa shape index (κ2) is 9.89. The second-order valence-electron chi connectivity index (χ2n) is 3.62. The van der Waals surface area contributed by atoms with Crippen molar-refractivity contribution in [3.8, 4) is 0 Å². The molecular weight excluding hydrogens is 222 g/mol. The van der Waals surface area contributed by atoms with Gasteiger partial charge >= 0.3 is 0 Å². The van der Waals surface area contributed by atoms with Gasteiger partial charge < -0.3 is 20.6 Å². The van der Waals surface area contributed by atoms with Crippen LogP contribution in [-0.4, -0.2) is 48.2 Å². The maximum Gasteiger partial charge on any atom is 0.222 e. The van der Waals surface area contributed by atoms with Gasteiger partial charge in [0.25, 0.3) is 0 Å². The molecule has 0 spiro atoms. The van der Waals surface area contributed by atoms with Gasteiger partial charge in [-0.3, -0.25) is 4.79 Å². The lowest BCUT2D eigenvalue weighted by molar-refractivity contribution is -0.131. The third-order valence-electron chi connectivity index (χ3n) is 2.38. The maximum atomic E-state index is 11.8. The number of ether oxygens (including phenoxy) is 1. The highest BCUT2D eigenvalue weighted by Crippen LogP contribution is 2.00. The fourth-order valence-electron chi connectivity index (χ4n) is 1.39. The van der Waals surface area contributed by atoms with Crippen molar-refractivity contribution in [1.82, 2.24) is 4.90 Å². The molecule has 3 N–H and O–H groups in total. The van der Waals surface area contributed by atoms with Crippen molar-refractivity contribution in [2.24, 2.45) is 10.9 Å². The van der Waals surface area contributed by atoms with Crippen molar-refractivity contribution in [2.75, 3.05) is 26.3 Å². The van der Waals surface area contributed by atoms with Crippen LogP contribution in [0.15, 0.2) is 5.16 Å². The Morgan fingerprint density at radius 3 is 2.65 bits per heavy atom. The van der Waals surface area contributed by atoms with E-state index < -0.39 is 0 Å². The predicted octanol–water partition coefficient (Wildman–Crippen LogP) is 0.788. The molecule has 0 aliphatic carbocycles. The average molecular weight is 245 g/mol. The fraction of sp³-hybridized carbons (Fsp3) is 0.818. The smallest absolute Gasteiger partial charge is 0.222 e. The zero-order valence-electron chi connectivity index (χ0n) is 10.7. The summed E-state index contributed by atoms with van der Waals surface area (Å²) in [5.74, 6) is 0.225. The molecule has 0 aromatic carbocycles. The number of nitrogens with zero attached hydrogens (tertiary/aromatic N) is 2. The summed E-state index contributed by atoms with van der Waals surface area (Å²) in [5, 5.41) is 11.3. The molecule has 0 fully saturated rings. The van der Waals surface area contributed by atoms with Crippen LogP contribution in [0.1, 0.15) is 33.1 Å². The maximum absolute atomic E-state index is 11.8. The third kappa shape index (κ3) is 7.57. The number of amides is 1. The van der Waals surface area contributed by atoms with Crippen LogP contribution < -0.4 is 5.73 Å². The lowest BCUT2D eigenvalue weighted by Crippen LogP contribution is -2.33. The first kappa shape index (κ1) is 15.7. The highest BCUT2D eigenvalue weighted by molar-refractivity contribution is 5.81. The molecule has 0 radical (unpaired) electrons. The molecular formula is C11H23N3O3. The minimum absolute atomic E-state index is 0.0814. The number of hydrogen-bond donors (Lipinski definition) is 2. The summed E-state index contributed by atoms with van der Waals surface area (Å²) in [6, 6.07) is 0. The van der Waals surface area contributed by atoms with Crippen LogP contribution in [0.2, 0.25) is 0 Å². The SMILES string of the molecule is CCOCCCC(=O)N(CC)CCC(N)=NO. The standard InChI is InChI=1S/C11H23N3O3/c1-3-14(8-7-10(12)13-16)11(15)6-5-9-17-4-2/h16H,3-9H2,1-2H3,(H2,12,13). The summed E-state index contributed by atoms with van der Waals surface area (Å²) in [5.41, 5.74) is 5.36. The first-order valence-electron chi connectivity index (χ1n) is 5.97. The van der Waals surface area contributed by atoms with Crippen LogP contribution in [-0.2, 0) is 9.53 Å². The molecule has 17 heavy (non-hydrogen) atoms. The van der Waals surface area contributed by atoms with Crippen molar-refractivity contribution in [1.29, 1.82) is 0 Å². The molecule has 0 aromatic heterocycles. The van der Waals surface area contributed by atoms with Crippen molar-refractivity contribution in [3.63, 3.8) is 0 Å². The number of rotatable bonds is 9. The number of hydrogen-bond acceptors (Lipinski definition) is 4. The van der Waals surface area contributed by atoms with Gasteiger partial charge in [-0.1, -0.05) is 5.16 Å². The Morgan fingerprint density at radius 1 is 1.41 bits per heavy atom. The van der Waals surface area contributed by atoms with Crippen molar-refractivity contribution in [3.05, 3.63) is 0 Å². The number of oxime groups is 1. The largest absolute Gasteiger partial charge is 0.409 e. The van der Waals surface area contributed by atoms with Crippen LogP contribution in [0.3, 0.4) is 0 Å². The molecule has 0 saturated carbocycles. The molecule has 0 aromatic rings. The summed E-state index contributed by atoms with van der Waals surface area (Å²) >= 11 is 0. The van der Waals surface area contributed by atoms with Gasteiger partial charge in [0.1, 0.15) is 5.84 Å². The van der Waals surface area contributed by atoms with E-state index in [-0.39, 0.29) is 11.7 Å². The summed E-state index contributed by atoms with van der Waals surface area (Å²) in [7, 11) is 0. The molecule has 0 bridgehead atoms. The van der Waals surface area contributed by atoms with Gasteiger partial charge in [0.05, 0.1) is 0 Å². The van der Waals surface area contributed by atoms with Crippen LogP contribution in [0.25, 0.3) is 0 Å². The lowest BCUT2D eigenvalue weighted by atomic mass is 10.2. The van der Waals surface area contributed by atoms with E-state index in [1.165, 1.54) is 0 Å². The summed E-state index contributed by atoms with van der Waals surface area (Å²) in [4.78, 5) is 13.5. The molecule has 0 heterocycles. The first-order chi connectivity index (χ1) is 8.15. The van der Waals surface area contributed by atoms with Gasteiger partial charge in [-0.05, 0) is 20.3 Å². The fourth-order valence-corrected chi connectivity index (χ4v) is 1.39. The average Bonchev–Trinajstić information content (AvgIpc) is 2.35. The van der Waals surface area contributed by atoms with Crippen LogP contribution in [0.5, 0.6) is 0 Å². The first-order valence-corrected chi connectivity index (χ1v) is 5.97. The molecule has 0 saturated heterocycles. The Bertz CT molecular complexity index is 244. The monoisotopic (exact) mass is 245 g/mol. The second-order valence-corrected chi connectivity index (χ2v) is 3.62. The number of nitrogens with two attached hydrogens (primary N) is 1. The zero-order chi connectivity index (χ0) is 13.1. The molecule has 6 heteroatoms. The van der Waals surface area contributed by atoms with Crippen LogP contribution in [0.4, 0.5) is 0 Å². The van der Waals surface area contributed by atoms with Crippen molar-refractivity contribution in [2.45, 2.75) is 33.1 Å². The molecule has 100 valence electrons. The van der Waals surface area contributed by atoms with Crippen LogP contribution >= 0.6 is 0 Å². The van der Waals surface area contributed by atoms with E-state index in [0.29, 0.717) is 39.1 Å². The predicted molar refractivity (Wildman–Crippen MR) is 66.0 cm³/mol. The van der Waals surface area contributed by atoms with Crippen molar-refractivity contribution >= 4 is 11.7 Å². The Balaban J connectivity index is 3.87. The summed E-state index contributed by atoms with van der Waals surface area (Å²) in [6.07, 6.45) is 1.60. The van der Waals surface area contributed by atoms with Gasteiger partial charge in [-0.25, -0.2) is 0 Å². The molecule has 0 aliphatic rings. The highest BCUT2D eigenvalue weighted by Gasteiger charge is 2.11. The van der Waals surface area contributed by atoms with E-state index in [1.807, 2.05) is 13.8 Å².